The van der Waals surface area contributed by atoms with E-state index in [2.05, 4.69) is 0 Å². The van der Waals surface area contributed by atoms with Gasteiger partial charge in [0.05, 0.1) is 23.5 Å². The van der Waals surface area contributed by atoms with Gasteiger partial charge < -0.3 is 15.1 Å². The van der Waals surface area contributed by atoms with Crippen molar-refractivity contribution >= 4 is 11.6 Å². The summed E-state index contributed by atoms with van der Waals surface area (Å²) in [7, 11) is 0. The number of rotatable bonds is 6. The summed E-state index contributed by atoms with van der Waals surface area (Å²) in [5.74, 6) is -2.55. The first kappa shape index (κ1) is 15.6. The van der Waals surface area contributed by atoms with E-state index >= 15 is 0 Å². The average Bonchev–Trinajstić information content (AvgIpc) is 2.82. The summed E-state index contributed by atoms with van der Waals surface area (Å²) in [6.45, 7) is 0. The molecule has 0 bridgehead atoms. The highest BCUT2D eigenvalue weighted by Crippen LogP contribution is 2.46. The van der Waals surface area contributed by atoms with Crippen LogP contribution in [0.25, 0.3) is 0 Å². The van der Waals surface area contributed by atoms with Crippen molar-refractivity contribution in [1.29, 1.82) is 0 Å². The number of amides is 1. The maximum absolute atomic E-state index is 13.8. The molecular formula is C24H21F2NO3. The fourth-order valence-electron chi connectivity index (χ4n) is 3.73. The maximum Gasteiger partial charge on any atom is 0.233 e. The minimum atomic E-state index is -1.44. The van der Waals surface area contributed by atoms with Gasteiger partial charge in [-0.15, -0.1) is 0 Å². The van der Waals surface area contributed by atoms with Gasteiger partial charge in [0, 0.05) is 5.69 Å². The number of carbonyl (C=O) groups is 1. The molecule has 1 heterocycles. The van der Waals surface area contributed by atoms with Crippen molar-refractivity contribution in [3.63, 3.8) is 0 Å². The normalized spacial score (nSPS) is 21.3. The number of phenolic OH excluding ortho intramolecular Hbond substituents is 1. The molecule has 30 heavy (non-hydrogen) atoms. The van der Waals surface area contributed by atoms with Gasteiger partial charge in [-0.25, -0.2) is 8.78 Å². The number of β-lactam (4-membered cyclic amide) rings is 1. The number of aliphatic hydroxyl groups is 1. The van der Waals surface area contributed by atoms with E-state index in [1.54, 1.807) is 12.1 Å². The van der Waals surface area contributed by atoms with Crippen molar-refractivity contribution in [3.8, 4) is 5.75 Å². The van der Waals surface area contributed by atoms with E-state index in [4.69, 9.17) is 5.48 Å². The number of aliphatic hydroxyl groups excluding tert-OH is 1. The number of phenols is 1. The molecule has 1 aliphatic rings. The van der Waals surface area contributed by atoms with Crippen molar-refractivity contribution in [3.05, 3.63) is 95.5 Å². The number of hydrogen-bond acceptors (Lipinski definition) is 3. The van der Waals surface area contributed by atoms with E-state index in [9.17, 15) is 23.8 Å². The largest absolute Gasteiger partial charge is 0.508 e. The summed E-state index contributed by atoms with van der Waals surface area (Å²) >= 11 is 0. The molecule has 0 saturated carbocycles. The number of aromatic hydroxyl groups is 1. The first-order chi connectivity index (χ1) is 16.1. The summed E-state index contributed by atoms with van der Waals surface area (Å²) in [5, 5.41) is 20.3. The topological polar surface area (TPSA) is 60.8 Å². The second-order valence-electron chi connectivity index (χ2n) is 7.15. The first-order valence-electron chi connectivity index (χ1n) is 11.4. The van der Waals surface area contributed by atoms with Gasteiger partial charge in [0.25, 0.3) is 0 Å². The molecule has 154 valence electrons. The minimum Gasteiger partial charge on any atom is -0.508 e. The summed E-state index contributed by atoms with van der Waals surface area (Å²) in [4.78, 5) is 14.5. The lowest BCUT2D eigenvalue weighted by Gasteiger charge is -2.48. The molecule has 6 heteroatoms. The van der Waals surface area contributed by atoms with Gasteiger partial charge in [-0.3, -0.25) is 4.79 Å². The average molecular weight is 413 g/mol. The molecule has 1 unspecified atom stereocenters. The van der Waals surface area contributed by atoms with Gasteiger partial charge in [0.1, 0.15) is 17.4 Å². The van der Waals surface area contributed by atoms with Gasteiger partial charge in [-0.1, -0.05) is 24.2 Å². The molecule has 1 fully saturated rings. The number of halogens is 2. The first-order valence-corrected chi connectivity index (χ1v) is 9.43. The van der Waals surface area contributed by atoms with E-state index in [-0.39, 0.29) is 30.1 Å². The quantitative estimate of drug-likeness (QED) is 0.566. The third-order valence-electron chi connectivity index (χ3n) is 5.25. The Labute approximate surface area is 178 Å². The number of benzene rings is 3. The lowest BCUT2D eigenvalue weighted by molar-refractivity contribution is -0.131. The zero-order valence-corrected chi connectivity index (χ0v) is 15.8. The summed E-state index contributed by atoms with van der Waals surface area (Å²) in [5.41, 5.74) is 0.881. The molecule has 3 atom stereocenters. The summed E-state index contributed by atoms with van der Waals surface area (Å²) in [6.07, 6.45) is -1.37. The van der Waals surface area contributed by atoms with Crippen molar-refractivity contribution in [2.24, 2.45) is 5.92 Å². The molecule has 4 nitrogen and oxygen atoms in total. The summed E-state index contributed by atoms with van der Waals surface area (Å²) in [6, 6.07) is 8.22. The van der Waals surface area contributed by atoms with Crippen molar-refractivity contribution in [1.82, 2.24) is 0 Å². The zero-order valence-electron chi connectivity index (χ0n) is 19.8. The van der Waals surface area contributed by atoms with Crippen LogP contribution in [-0.4, -0.2) is 16.1 Å². The van der Waals surface area contributed by atoms with Crippen LogP contribution in [0.4, 0.5) is 14.5 Å². The molecule has 1 saturated heterocycles. The van der Waals surface area contributed by atoms with Gasteiger partial charge in [0.15, 0.2) is 0 Å². The van der Waals surface area contributed by atoms with Gasteiger partial charge >= 0.3 is 0 Å². The summed E-state index contributed by atoms with van der Waals surface area (Å²) < 4.78 is 58.3. The van der Waals surface area contributed by atoms with E-state index in [0.717, 1.165) is 0 Å². The fourth-order valence-corrected chi connectivity index (χ4v) is 3.73. The molecule has 0 aromatic heterocycles. The maximum atomic E-state index is 13.8. The van der Waals surface area contributed by atoms with E-state index < -0.39 is 53.9 Å². The van der Waals surface area contributed by atoms with Crippen LogP contribution in [0.5, 0.6) is 5.75 Å². The van der Waals surface area contributed by atoms with Gasteiger partial charge in [-0.2, -0.15) is 0 Å². The predicted octanol–water partition coefficient (Wildman–Crippen LogP) is 4.89. The van der Waals surface area contributed by atoms with Crippen LogP contribution in [0.3, 0.4) is 0 Å². The van der Waals surface area contributed by atoms with Gasteiger partial charge in [-0.05, 0) is 72.5 Å². The fraction of sp³-hybridized carbons (Fsp3) is 0.208. The second-order valence-corrected chi connectivity index (χ2v) is 7.15. The Balaban J connectivity index is 1.60. The number of carbonyl (C=O) groups excluding carboxylic acids is 1. The van der Waals surface area contributed by atoms with Crippen molar-refractivity contribution < 1.29 is 29.3 Å². The monoisotopic (exact) mass is 413 g/mol. The number of nitrogens with zero attached hydrogens (tertiary/aromatic N) is 1. The van der Waals surface area contributed by atoms with Crippen LogP contribution in [0.1, 0.15) is 41.6 Å². The third-order valence-corrected chi connectivity index (χ3v) is 5.25. The highest BCUT2D eigenvalue weighted by atomic mass is 19.1. The minimum absolute atomic E-state index is 0.0503. The Bertz CT molecular complexity index is 1210. The standard InChI is InChI=1S/C24H21F2NO3/c25-17-5-1-15(2-6-17)22(29)14-13-21-23(16-3-11-20(28)12-4-16)27(24(21)30)19-9-7-18(26)8-10-19/h1-12,21-23,28-29H,13-14H2/t21-,22?,23-/m1/s1/i1D,2D,5D,6D. The highest BCUT2D eigenvalue weighted by molar-refractivity contribution is 6.03. The molecule has 0 aliphatic carbocycles. The van der Waals surface area contributed by atoms with E-state index in [1.165, 1.54) is 41.3 Å². The van der Waals surface area contributed by atoms with Crippen LogP contribution in [0, 0.1) is 17.6 Å². The van der Waals surface area contributed by atoms with Crippen LogP contribution in [-0.2, 0) is 4.79 Å². The van der Waals surface area contributed by atoms with Crippen molar-refractivity contribution in [2.45, 2.75) is 25.0 Å². The van der Waals surface area contributed by atoms with Crippen LogP contribution < -0.4 is 4.90 Å². The van der Waals surface area contributed by atoms with Crippen LogP contribution in [0.2, 0.25) is 0 Å². The Hall–Kier alpha value is -3.25. The molecule has 3 aromatic rings. The molecule has 0 radical (unpaired) electrons. The Morgan fingerprint density at radius 3 is 2.23 bits per heavy atom. The van der Waals surface area contributed by atoms with Gasteiger partial charge in [0.2, 0.25) is 5.91 Å². The number of anilines is 1. The molecule has 4 rings (SSSR count). The molecule has 0 spiro atoms. The van der Waals surface area contributed by atoms with Crippen molar-refractivity contribution in [2.75, 3.05) is 4.90 Å². The Morgan fingerprint density at radius 1 is 0.967 bits per heavy atom. The molecule has 2 N–H and O–H groups in total. The lowest BCUT2D eigenvalue weighted by Crippen LogP contribution is -2.55. The Kier molecular flexibility index (Phi) is 4.28. The van der Waals surface area contributed by atoms with Crippen LogP contribution >= 0.6 is 0 Å². The molecule has 1 aliphatic heterocycles. The SMILES string of the molecule is [2H]c1c([2H])c(C(O)CC[C@H]2C(=O)N(c3ccc(F)cc3)[C@@H]2c2ccc(O)cc2)c([2H])c([2H])c1F. The zero-order chi connectivity index (χ0) is 24.7. The van der Waals surface area contributed by atoms with E-state index in [1.807, 2.05) is 0 Å². The molecular weight excluding hydrogens is 388 g/mol. The lowest BCUT2D eigenvalue weighted by atomic mass is 9.78. The Morgan fingerprint density at radius 2 is 1.60 bits per heavy atom. The molecule has 3 aromatic carbocycles. The second kappa shape index (κ2) is 8.24. The highest BCUT2D eigenvalue weighted by Gasteiger charge is 2.48. The molecule has 1 amide bonds. The van der Waals surface area contributed by atoms with E-state index in [0.29, 0.717) is 11.3 Å². The third kappa shape index (κ3) is 3.91. The predicted molar refractivity (Wildman–Crippen MR) is 109 cm³/mol. The number of hydrogen-bond donors (Lipinski definition) is 2. The van der Waals surface area contributed by atoms with Crippen LogP contribution in [0.15, 0.2) is 72.7 Å². The smallest absolute Gasteiger partial charge is 0.233 e.